The van der Waals surface area contributed by atoms with E-state index in [0.29, 0.717) is 12.1 Å². The van der Waals surface area contributed by atoms with Crippen molar-refractivity contribution in [1.82, 2.24) is 9.13 Å². The molecule has 0 aliphatic heterocycles. The third-order valence-corrected chi connectivity index (χ3v) is 6.97. The zero-order chi connectivity index (χ0) is 24.5. The highest BCUT2D eigenvalue weighted by molar-refractivity contribution is 6.07. The van der Waals surface area contributed by atoms with E-state index in [0.717, 1.165) is 36.3 Å². The first-order chi connectivity index (χ1) is 17.7. The summed E-state index contributed by atoms with van der Waals surface area (Å²) in [5.74, 6) is 0.829. The average molecular weight is 554 g/mol. The van der Waals surface area contributed by atoms with Crippen LogP contribution in [-0.4, -0.2) is 22.0 Å². The summed E-state index contributed by atoms with van der Waals surface area (Å²) in [4.78, 5) is 13.0. The molecule has 4 aromatic carbocycles. The normalized spacial score (nSPS) is 11.2. The number of ether oxygens (including phenoxy) is 1. The van der Waals surface area contributed by atoms with Crippen molar-refractivity contribution in [1.29, 1.82) is 0 Å². The Morgan fingerprint density at radius 1 is 0.757 bits per heavy atom. The first kappa shape index (κ1) is 24.8. The van der Waals surface area contributed by atoms with Gasteiger partial charge in [0.1, 0.15) is 5.75 Å². The predicted octanol–water partition coefficient (Wildman–Crippen LogP) is 3.02. The molecule has 0 amide bonds. The molecule has 0 fully saturated rings. The molecule has 6 heteroatoms. The molecule has 0 aliphatic carbocycles. The number of Topliss-reactive ketones (excluding diaryl/α,β-unsaturated/α-hetero) is 1. The number of aryl methyl sites for hydroxylation is 2. The maximum absolute atomic E-state index is 13.0. The van der Waals surface area contributed by atoms with E-state index in [2.05, 4.69) is 86.8 Å². The number of rotatable bonds is 8. The summed E-state index contributed by atoms with van der Waals surface area (Å²) in [6, 6.07) is 32.9. The molecule has 2 aromatic heterocycles. The van der Waals surface area contributed by atoms with Crippen molar-refractivity contribution in [3.8, 4) is 5.75 Å². The van der Waals surface area contributed by atoms with Crippen LogP contribution in [0, 0.1) is 0 Å². The quantitative estimate of drug-likeness (QED) is 0.215. The minimum atomic E-state index is 0. The van der Waals surface area contributed by atoms with Crippen LogP contribution in [0.5, 0.6) is 5.75 Å². The highest BCUT2D eigenvalue weighted by atomic mass is 79.9. The molecule has 5 nitrogen and oxygen atoms in total. The molecule has 0 N–H and O–H groups in total. The molecular weight excluding hydrogens is 526 g/mol. The number of fused-ring (bicyclic) bond motifs is 4. The summed E-state index contributed by atoms with van der Waals surface area (Å²) in [5, 5.41) is 2.60. The van der Waals surface area contributed by atoms with Gasteiger partial charge in [0.05, 0.1) is 13.7 Å². The van der Waals surface area contributed by atoms with Gasteiger partial charge < -0.3 is 26.3 Å². The van der Waals surface area contributed by atoms with Crippen LogP contribution in [0.15, 0.2) is 103 Å². The lowest BCUT2D eigenvalue weighted by Gasteiger charge is -2.06. The minimum Gasteiger partial charge on any atom is -1.00 e. The smallest absolute Gasteiger partial charge is 0.245 e. The van der Waals surface area contributed by atoms with Crippen molar-refractivity contribution < 1.29 is 31.1 Å². The van der Waals surface area contributed by atoms with Crippen LogP contribution in [0.1, 0.15) is 16.8 Å². The second kappa shape index (κ2) is 10.6. The SMILES string of the molecule is COc1ccc(C(=O)C[n+]2cn(CCCn3c4ccccc4c4ccccc43)c3ccccc32)cc1.[Br-]. The first-order valence-corrected chi connectivity index (χ1v) is 12.3. The number of aromatic nitrogens is 3. The fourth-order valence-electron chi connectivity index (χ4n) is 5.21. The number of hydrogen-bond donors (Lipinski definition) is 0. The largest absolute Gasteiger partial charge is 1.00 e. The maximum Gasteiger partial charge on any atom is 0.245 e. The van der Waals surface area contributed by atoms with Crippen LogP contribution in [-0.2, 0) is 19.6 Å². The van der Waals surface area contributed by atoms with Crippen LogP contribution in [0.3, 0.4) is 0 Å². The van der Waals surface area contributed by atoms with Crippen LogP contribution in [0.4, 0.5) is 0 Å². The highest BCUT2D eigenvalue weighted by Crippen LogP contribution is 2.29. The first-order valence-electron chi connectivity index (χ1n) is 12.3. The Bertz CT molecular complexity index is 1650. The number of para-hydroxylation sites is 4. The van der Waals surface area contributed by atoms with Crippen molar-refractivity contribution in [2.24, 2.45) is 0 Å². The molecule has 2 heterocycles. The summed E-state index contributed by atoms with van der Waals surface area (Å²) in [5.41, 5.74) is 5.44. The van der Waals surface area contributed by atoms with Gasteiger partial charge in [0.25, 0.3) is 0 Å². The number of hydrogen-bond acceptors (Lipinski definition) is 2. The fourth-order valence-corrected chi connectivity index (χ4v) is 5.21. The van der Waals surface area contributed by atoms with Gasteiger partial charge in [-0.1, -0.05) is 48.5 Å². The van der Waals surface area contributed by atoms with E-state index in [4.69, 9.17) is 4.74 Å². The standard InChI is InChI=1S/C31H28N3O2.BrH/c1-36-24-17-15-23(16-18-24)31(35)21-33-22-32(29-13-6-7-14-30(29)33)19-8-20-34-27-11-4-2-9-25(27)26-10-3-5-12-28(26)34;/h2-7,9-18,22H,8,19-21H2,1H3;1H/q+1;/p-1. The molecule has 0 aliphatic rings. The van der Waals surface area contributed by atoms with Crippen molar-refractivity contribution in [2.45, 2.75) is 26.1 Å². The van der Waals surface area contributed by atoms with Gasteiger partial charge in [0.15, 0.2) is 17.6 Å². The van der Waals surface area contributed by atoms with E-state index in [-0.39, 0.29) is 22.8 Å². The van der Waals surface area contributed by atoms with E-state index in [1.165, 1.54) is 21.8 Å². The summed E-state index contributed by atoms with van der Waals surface area (Å²) in [6.45, 7) is 2.09. The van der Waals surface area contributed by atoms with Crippen molar-refractivity contribution >= 4 is 38.6 Å². The number of methoxy groups -OCH3 is 1. The van der Waals surface area contributed by atoms with Crippen LogP contribution in [0.2, 0.25) is 0 Å². The van der Waals surface area contributed by atoms with Gasteiger partial charge in [-0.2, -0.15) is 0 Å². The van der Waals surface area contributed by atoms with E-state index in [9.17, 15) is 4.79 Å². The Morgan fingerprint density at radius 3 is 2.00 bits per heavy atom. The Morgan fingerprint density at radius 2 is 1.35 bits per heavy atom. The topological polar surface area (TPSA) is 40.0 Å². The molecule has 0 radical (unpaired) electrons. The number of halogens is 1. The fraction of sp³-hybridized carbons (Fsp3) is 0.161. The van der Waals surface area contributed by atoms with Gasteiger partial charge in [0, 0.05) is 40.3 Å². The minimum absolute atomic E-state index is 0. The molecule has 186 valence electrons. The van der Waals surface area contributed by atoms with Crippen molar-refractivity contribution in [3.05, 3.63) is 109 Å². The van der Waals surface area contributed by atoms with Crippen molar-refractivity contribution in [2.75, 3.05) is 7.11 Å². The number of nitrogens with zero attached hydrogens (tertiary/aromatic N) is 3. The van der Waals surface area contributed by atoms with E-state index in [1.807, 2.05) is 30.3 Å². The lowest BCUT2D eigenvalue weighted by molar-refractivity contribution is -0.658. The Balaban J connectivity index is 0.00000280. The van der Waals surface area contributed by atoms with Gasteiger partial charge in [-0.3, -0.25) is 4.79 Å². The molecular formula is C31H28BrN3O2. The van der Waals surface area contributed by atoms with Gasteiger partial charge in [0.2, 0.25) is 12.1 Å². The van der Waals surface area contributed by atoms with Crippen LogP contribution >= 0.6 is 0 Å². The average Bonchev–Trinajstić information content (AvgIpc) is 3.44. The molecule has 6 rings (SSSR count). The van der Waals surface area contributed by atoms with E-state index >= 15 is 0 Å². The zero-order valence-electron chi connectivity index (χ0n) is 20.7. The third-order valence-electron chi connectivity index (χ3n) is 6.97. The molecule has 0 saturated carbocycles. The highest BCUT2D eigenvalue weighted by Gasteiger charge is 2.19. The van der Waals surface area contributed by atoms with E-state index < -0.39 is 0 Å². The Labute approximate surface area is 226 Å². The summed E-state index contributed by atoms with van der Waals surface area (Å²) >= 11 is 0. The van der Waals surface area contributed by atoms with Gasteiger partial charge in [-0.05, 0) is 48.5 Å². The molecule has 6 aromatic rings. The van der Waals surface area contributed by atoms with Gasteiger partial charge in [-0.25, -0.2) is 9.13 Å². The number of ketones is 1. The molecule has 0 spiro atoms. The second-order valence-electron chi connectivity index (χ2n) is 9.12. The monoisotopic (exact) mass is 553 g/mol. The molecule has 0 bridgehead atoms. The molecule has 0 atom stereocenters. The van der Waals surface area contributed by atoms with Crippen molar-refractivity contribution in [3.63, 3.8) is 0 Å². The number of imidazole rings is 1. The van der Waals surface area contributed by atoms with Gasteiger partial charge >= 0.3 is 0 Å². The van der Waals surface area contributed by atoms with Gasteiger partial charge in [-0.15, -0.1) is 0 Å². The number of carbonyl (C=O) groups is 1. The number of benzene rings is 4. The Hall–Kier alpha value is -3.90. The number of carbonyl (C=O) groups excluding carboxylic acids is 1. The zero-order valence-corrected chi connectivity index (χ0v) is 22.3. The predicted molar refractivity (Wildman–Crippen MR) is 144 cm³/mol. The van der Waals surface area contributed by atoms with E-state index in [1.54, 1.807) is 7.11 Å². The second-order valence-corrected chi connectivity index (χ2v) is 9.12. The summed E-state index contributed by atoms with van der Waals surface area (Å²) in [6.07, 6.45) is 3.06. The lowest BCUT2D eigenvalue weighted by Crippen LogP contribution is -3.00. The lowest BCUT2D eigenvalue weighted by atomic mass is 10.1. The third kappa shape index (κ3) is 4.65. The molecule has 0 saturated heterocycles. The van der Waals surface area contributed by atoms with Crippen LogP contribution in [0.25, 0.3) is 32.8 Å². The van der Waals surface area contributed by atoms with Crippen LogP contribution < -0.4 is 26.3 Å². The molecule has 0 unspecified atom stereocenters. The Kier molecular flexibility index (Phi) is 7.10. The maximum atomic E-state index is 13.0. The summed E-state index contributed by atoms with van der Waals surface area (Å²) < 4.78 is 12.0. The molecule has 37 heavy (non-hydrogen) atoms. The summed E-state index contributed by atoms with van der Waals surface area (Å²) in [7, 11) is 1.63.